The van der Waals surface area contributed by atoms with E-state index in [2.05, 4.69) is 0 Å². The largest absolute Gasteiger partial charge is 0.449 e. The summed E-state index contributed by atoms with van der Waals surface area (Å²) in [5.41, 5.74) is 2.95. The van der Waals surface area contributed by atoms with Gasteiger partial charge in [-0.05, 0) is 25.5 Å². The third kappa shape index (κ3) is 5.27. The third-order valence-corrected chi connectivity index (χ3v) is 3.61. The fourth-order valence-corrected chi connectivity index (χ4v) is 2.06. The minimum Gasteiger partial charge on any atom is -0.449 e. The summed E-state index contributed by atoms with van der Waals surface area (Å²) in [6.07, 6.45) is 0.810. The molecular formula is C12H18N2O4S. The van der Waals surface area contributed by atoms with Crippen LogP contribution in [0.15, 0.2) is 29.2 Å². The minimum atomic E-state index is -3.76. The van der Waals surface area contributed by atoms with Crippen molar-refractivity contribution in [3.8, 4) is 0 Å². The molecule has 19 heavy (non-hydrogen) atoms. The van der Waals surface area contributed by atoms with Crippen LogP contribution in [0, 0.1) is 6.92 Å². The number of carbonyl (C=O) groups is 1. The molecule has 0 spiro atoms. The van der Waals surface area contributed by atoms with Gasteiger partial charge in [-0.15, -0.1) is 4.83 Å². The Bertz CT molecular complexity index is 511. The van der Waals surface area contributed by atoms with E-state index in [0.29, 0.717) is 0 Å². The maximum atomic E-state index is 11.8. The van der Waals surface area contributed by atoms with Gasteiger partial charge in [-0.25, -0.2) is 18.6 Å². The van der Waals surface area contributed by atoms with Crippen molar-refractivity contribution in [2.75, 3.05) is 6.61 Å². The number of ether oxygens (including phenoxy) is 1. The first-order valence-corrected chi connectivity index (χ1v) is 7.45. The Labute approximate surface area is 113 Å². The summed E-state index contributed by atoms with van der Waals surface area (Å²) >= 11 is 0. The Morgan fingerprint density at radius 2 is 1.89 bits per heavy atom. The van der Waals surface area contributed by atoms with Gasteiger partial charge < -0.3 is 4.74 Å². The molecule has 0 aliphatic rings. The molecule has 7 heteroatoms. The Hall–Kier alpha value is -1.60. The summed E-state index contributed by atoms with van der Waals surface area (Å²) in [4.78, 5) is 13.2. The van der Waals surface area contributed by atoms with Gasteiger partial charge in [-0.2, -0.15) is 0 Å². The van der Waals surface area contributed by atoms with Gasteiger partial charge in [0.25, 0.3) is 10.0 Å². The van der Waals surface area contributed by atoms with E-state index in [0.717, 1.165) is 18.4 Å². The van der Waals surface area contributed by atoms with Crippen molar-refractivity contribution in [1.29, 1.82) is 0 Å². The number of aryl methyl sites for hydroxylation is 1. The first-order chi connectivity index (χ1) is 8.95. The van der Waals surface area contributed by atoms with Gasteiger partial charge in [0.05, 0.1) is 11.5 Å². The molecule has 1 rings (SSSR count). The highest BCUT2D eigenvalue weighted by Gasteiger charge is 2.14. The number of hydrazine groups is 1. The van der Waals surface area contributed by atoms with Gasteiger partial charge in [0.1, 0.15) is 0 Å². The smallest absolute Gasteiger partial charge is 0.422 e. The summed E-state index contributed by atoms with van der Waals surface area (Å²) < 4.78 is 28.3. The molecule has 1 aromatic rings. The molecule has 1 aromatic carbocycles. The second-order valence-corrected chi connectivity index (χ2v) is 5.72. The van der Waals surface area contributed by atoms with Crippen molar-refractivity contribution in [1.82, 2.24) is 10.3 Å². The molecule has 0 atom stereocenters. The van der Waals surface area contributed by atoms with Crippen molar-refractivity contribution >= 4 is 16.1 Å². The van der Waals surface area contributed by atoms with Crippen LogP contribution < -0.4 is 10.3 Å². The van der Waals surface area contributed by atoms with Crippen molar-refractivity contribution in [3.63, 3.8) is 0 Å². The monoisotopic (exact) mass is 286 g/mol. The van der Waals surface area contributed by atoms with Crippen LogP contribution >= 0.6 is 0 Å². The first-order valence-electron chi connectivity index (χ1n) is 5.97. The zero-order chi connectivity index (χ0) is 14.3. The van der Waals surface area contributed by atoms with E-state index in [9.17, 15) is 13.2 Å². The molecule has 0 saturated carbocycles. The molecule has 0 aromatic heterocycles. The number of rotatable bonds is 6. The third-order valence-electron chi connectivity index (χ3n) is 2.35. The summed E-state index contributed by atoms with van der Waals surface area (Å²) in [7, 11) is -3.76. The Kier molecular flexibility index (Phi) is 5.78. The van der Waals surface area contributed by atoms with E-state index >= 15 is 0 Å². The zero-order valence-electron chi connectivity index (χ0n) is 11.0. The van der Waals surface area contributed by atoms with E-state index in [-0.39, 0.29) is 11.5 Å². The fourth-order valence-electron chi connectivity index (χ4n) is 1.23. The number of carbonyl (C=O) groups excluding carboxylic acids is 1. The first kappa shape index (κ1) is 15.5. The lowest BCUT2D eigenvalue weighted by atomic mass is 10.2. The highest BCUT2D eigenvalue weighted by Crippen LogP contribution is 2.08. The summed E-state index contributed by atoms with van der Waals surface area (Å²) in [5.74, 6) is 0. The predicted octanol–water partition coefficient (Wildman–Crippen LogP) is 1.71. The number of sulfonamides is 1. The minimum absolute atomic E-state index is 0.0759. The Morgan fingerprint density at radius 1 is 1.26 bits per heavy atom. The molecule has 0 aliphatic carbocycles. The van der Waals surface area contributed by atoms with Crippen LogP contribution in [0.3, 0.4) is 0 Å². The lowest BCUT2D eigenvalue weighted by molar-refractivity contribution is 0.142. The van der Waals surface area contributed by atoms with E-state index in [1.54, 1.807) is 12.1 Å². The van der Waals surface area contributed by atoms with E-state index in [1.165, 1.54) is 12.1 Å². The number of amides is 1. The molecule has 106 valence electrons. The molecule has 6 nitrogen and oxygen atoms in total. The second-order valence-electron chi connectivity index (χ2n) is 4.03. The quantitative estimate of drug-likeness (QED) is 0.616. The summed E-state index contributed by atoms with van der Waals surface area (Å²) in [6.45, 7) is 4.07. The normalized spacial score (nSPS) is 11.1. The second kappa shape index (κ2) is 7.10. The molecular weight excluding hydrogens is 268 g/mol. The highest BCUT2D eigenvalue weighted by atomic mass is 32.2. The maximum Gasteiger partial charge on any atom is 0.422 e. The lowest BCUT2D eigenvalue weighted by Gasteiger charge is -2.09. The number of hydrogen-bond donors (Lipinski definition) is 2. The lowest BCUT2D eigenvalue weighted by Crippen LogP contribution is -2.41. The average Bonchev–Trinajstić information content (AvgIpc) is 2.37. The van der Waals surface area contributed by atoms with Crippen LogP contribution in [0.2, 0.25) is 0 Å². The van der Waals surface area contributed by atoms with E-state index in [4.69, 9.17) is 4.74 Å². The fraction of sp³-hybridized carbons (Fsp3) is 0.417. The average molecular weight is 286 g/mol. The van der Waals surface area contributed by atoms with Crippen LogP contribution in [-0.4, -0.2) is 21.1 Å². The maximum absolute atomic E-state index is 11.8. The predicted molar refractivity (Wildman–Crippen MR) is 70.9 cm³/mol. The Balaban J connectivity index is 2.51. The number of benzene rings is 1. The van der Waals surface area contributed by atoms with Crippen molar-refractivity contribution in [2.45, 2.75) is 31.6 Å². The molecule has 0 bridgehead atoms. The van der Waals surface area contributed by atoms with E-state index < -0.39 is 16.1 Å². The van der Waals surface area contributed by atoms with Gasteiger partial charge in [0, 0.05) is 0 Å². The Morgan fingerprint density at radius 3 is 2.47 bits per heavy atom. The van der Waals surface area contributed by atoms with Gasteiger partial charge in [0.15, 0.2) is 0 Å². The molecule has 0 aliphatic heterocycles. The van der Waals surface area contributed by atoms with Crippen LogP contribution in [0.5, 0.6) is 0 Å². The number of unbranched alkanes of at least 4 members (excludes halogenated alkanes) is 1. The standard InChI is InChI=1S/C12H18N2O4S/c1-3-4-9-18-12(15)13-14-19(16,17)11-7-5-10(2)6-8-11/h5-8,14H,3-4,9H2,1-2H3,(H,13,15). The molecule has 0 radical (unpaired) electrons. The van der Waals surface area contributed by atoms with Crippen molar-refractivity contribution in [3.05, 3.63) is 29.8 Å². The van der Waals surface area contributed by atoms with Crippen molar-refractivity contribution in [2.24, 2.45) is 0 Å². The number of hydrogen-bond acceptors (Lipinski definition) is 4. The van der Waals surface area contributed by atoms with Gasteiger partial charge in [0.2, 0.25) is 0 Å². The zero-order valence-corrected chi connectivity index (χ0v) is 11.8. The number of nitrogens with one attached hydrogen (secondary N) is 2. The van der Waals surface area contributed by atoms with Crippen molar-refractivity contribution < 1.29 is 17.9 Å². The molecule has 0 unspecified atom stereocenters. The van der Waals surface area contributed by atoms with Crippen LogP contribution in [0.1, 0.15) is 25.3 Å². The molecule has 2 N–H and O–H groups in total. The molecule has 1 amide bonds. The van der Waals surface area contributed by atoms with Gasteiger partial charge in [-0.1, -0.05) is 31.0 Å². The molecule has 0 saturated heterocycles. The van der Waals surface area contributed by atoms with Crippen LogP contribution in [0.4, 0.5) is 4.79 Å². The summed E-state index contributed by atoms with van der Waals surface area (Å²) in [6, 6.07) is 6.27. The van der Waals surface area contributed by atoms with Gasteiger partial charge >= 0.3 is 6.09 Å². The summed E-state index contributed by atoms with van der Waals surface area (Å²) in [5, 5.41) is 0. The highest BCUT2D eigenvalue weighted by molar-refractivity contribution is 7.89. The molecule has 0 heterocycles. The SMILES string of the molecule is CCCCOC(=O)NNS(=O)(=O)c1ccc(C)cc1. The van der Waals surface area contributed by atoms with Crippen LogP contribution in [0.25, 0.3) is 0 Å². The molecule has 0 fully saturated rings. The van der Waals surface area contributed by atoms with E-state index in [1.807, 2.05) is 24.1 Å². The van der Waals surface area contributed by atoms with Crippen LogP contribution in [-0.2, 0) is 14.8 Å². The topological polar surface area (TPSA) is 84.5 Å². The van der Waals surface area contributed by atoms with Gasteiger partial charge in [-0.3, -0.25) is 0 Å².